The van der Waals surface area contributed by atoms with Crippen LogP contribution < -0.4 is 5.32 Å². The maximum atomic E-state index is 11.5. The average molecular weight is 207 g/mol. The maximum absolute atomic E-state index is 11.5. The van der Waals surface area contributed by atoms with Crippen LogP contribution in [0.5, 0.6) is 0 Å². The molecule has 1 aliphatic rings. The lowest BCUT2D eigenvalue weighted by Crippen LogP contribution is -2.32. The SMILES string of the molecule is C#CCCCCC(=O)NC1CCC(C)C1. The molecular weight excluding hydrogens is 186 g/mol. The van der Waals surface area contributed by atoms with E-state index >= 15 is 0 Å². The highest BCUT2D eigenvalue weighted by Gasteiger charge is 2.22. The van der Waals surface area contributed by atoms with Gasteiger partial charge in [-0.1, -0.05) is 6.92 Å². The molecule has 1 rings (SSSR count). The van der Waals surface area contributed by atoms with Gasteiger partial charge in [-0.2, -0.15) is 0 Å². The Morgan fingerprint density at radius 3 is 2.87 bits per heavy atom. The molecule has 0 heterocycles. The lowest BCUT2D eigenvalue weighted by Gasteiger charge is -2.11. The Morgan fingerprint density at radius 1 is 1.47 bits per heavy atom. The van der Waals surface area contributed by atoms with Gasteiger partial charge in [-0.05, 0) is 38.0 Å². The number of unbranched alkanes of at least 4 members (excludes halogenated alkanes) is 2. The van der Waals surface area contributed by atoms with Crippen molar-refractivity contribution < 1.29 is 4.79 Å². The summed E-state index contributed by atoms with van der Waals surface area (Å²) in [5.41, 5.74) is 0. The first-order valence-corrected chi connectivity index (χ1v) is 5.95. The molecule has 0 aliphatic heterocycles. The molecule has 84 valence electrons. The van der Waals surface area contributed by atoms with E-state index in [9.17, 15) is 4.79 Å². The van der Waals surface area contributed by atoms with Gasteiger partial charge >= 0.3 is 0 Å². The van der Waals surface area contributed by atoms with Crippen molar-refractivity contribution >= 4 is 5.91 Å². The maximum Gasteiger partial charge on any atom is 0.220 e. The van der Waals surface area contributed by atoms with E-state index in [4.69, 9.17) is 6.42 Å². The van der Waals surface area contributed by atoms with E-state index in [2.05, 4.69) is 18.2 Å². The van der Waals surface area contributed by atoms with Gasteiger partial charge < -0.3 is 5.32 Å². The standard InChI is InChI=1S/C13H21NO/c1-3-4-5-6-7-13(15)14-12-9-8-11(2)10-12/h1,11-12H,4-10H2,2H3,(H,14,15). The van der Waals surface area contributed by atoms with Crippen molar-refractivity contribution in [2.24, 2.45) is 5.92 Å². The van der Waals surface area contributed by atoms with Crippen molar-refractivity contribution in [2.45, 2.75) is 57.9 Å². The summed E-state index contributed by atoms with van der Waals surface area (Å²) in [6.45, 7) is 2.25. The molecule has 15 heavy (non-hydrogen) atoms. The fourth-order valence-corrected chi connectivity index (χ4v) is 2.15. The first kappa shape index (κ1) is 12.1. The second-order valence-corrected chi connectivity index (χ2v) is 4.59. The van der Waals surface area contributed by atoms with Gasteiger partial charge in [0.25, 0.3) is 0 Å². The summed E-state index contributed by atoms with van der Waals surface area (Å²) in [7, 11) is 0. The molecule has 0 spiro atoms. The highest BCUT2D eigenvalue weighted by molar-refractivity contribution is 5.76. The van der Waals surface area contributed by atoms with E-state index in [0.717, 1.165) is 38.0 Å². The van der Waals surface area contributed by atoms with Crippen LogP contribution in [0.25, 0.3) is 0 Å². The van der Waals surface area contributed by atoms with E-state index in [1.165, 1.54) is 6.42 Å². The lowest BCUT2D eigenvalue weighted by atomic mass is 10.1. The van der Waals surface area contributed by atoms with Crippen LogP contribution in [0.4, 0.5) is 0 Å². The number of amides is 1. The molecule has 2 heteroatoms. The molecule has 2 atom stereocenters. The van der Waals surface area contributed by atoms with Crippen LogP contribution in [-0.2, 0) is 4.79 Å². The van der Waals surface area contributed by atoms with Gasteiger partial charge in [-0.15, -0.1) is 12.3 Å². The number of terminal acetylenes is 1. The largest absolute Gasteiger partial charge is 0.353 e. The van der Waals surface area contributed by atoms with Gasteiger partial charge in [0.15, 0.2) is 0 Å². The van der Waals surface area contributed by atoms with Gasteiger partial charge in [0.1, 0.15) is 0 Å². The minimum Gasteiger partial charge on any atom is -0.353 e. The first-order valence-electron chi connectivity index (χ1n) is 5.95. The Kier molecular flexibility index (Phi) is 5.25. The minimum atomic E-state index is 0.200. The van der Waals surface area contributed by atoms with Gasteiger partial charge in [0.2, 0.25) is 5.91 Å². The molecule has 1 fully saturated rings. The molecule has 2 unspecified atom stereocenters. The highest BCUT2D eigenvalue weighted by Crippen LogP contribution is 2.24. The Hall–Kier alpha value is -0.970. The minimum absolute atomic E-state index is 0.200. The van der Waals surface area contributed by atoms with Crippen molar-refractivity contribution in [2.75, 3.05) is 0 Å². The molecule has 0 aromatic carbocycles. The summed E-state index contributed by atoms with van der Waals surface area (Å²) in [6.07, 6.45) is 12.0. The van der Waals surface area contributed by atoms with Gasteiger partial charge in [0, 0.05) is 18.9 Å². The summed E-state index contributed by atoms with van der Waals surface area (Å²) in [5, 5.41) is 3.10. The summed E-state index contributed by atoms with van der Waals surface area (Å²) in [5.74, 6) is 3.56. The zero-order valence-electron chi connectivity index (χ0n) is 9.59. The number of rotatable bonds is 5. The van der Waals surface area contributed by atoms with Crippen LogP contribution in [-0.4, -0.2) is 11.9 Å². The van der Waals surface area contributed by atoms with E-state index in [-0.39, 0.29) is 5.91 Å². The van der Waals surface area contributed by atoms with E-state index in [1.807, 2.05) is 0 Å². The van der Waals surface area contributed by atoms with Crippen LogP contribution in [0, 0.1) is 18.3 Å². The van der Waals surface area contributed by atoms with E-state index in [1.54, 1.807) is 0 Å². The fraction of sp³-hybridized carbons (Fsp3) is 0.769. The molecule has 0 aromatic heterocycles. The zero-order chi connectivity index (χ0) is 11.1. The van der Waals surface area contributed by atoms with E-state index in [0.29, 0.717) is 12.5 Å². The Labute approximate surface area is 92.8 Å². The number of hydrogen-bond acceptors (Lipinski definition) is 1. The molecule has 1 amide bonds. The second-order valence-electron chi connectivity index (χ2n) is 4.59. The van der Waals surface area contributed by atoms with Crippen LogP contribution >= 0.6 is 0 Å². The topological polar surface area (TPSA) is 29.1 Å². The number of carbonyl (C=O) groups is 1. The van der Waals surface area contributed by atoms with Crippen molar-refractivity contribution in [3.05, 3.63) is 0 Å². The predicted octanol–water partition coefficient (Wildman–Crippen LogP) is 2.48. The van der Waals surface area contributed by atoms with Crippen molar-refractivity contribution in [3.8, 4) is 12.3 Å². The molecular formula is C13H21NO. The average Bonchev–Trinajstić information content (AvgIpc) is 2.59. The molecule has 2 nitrogen and oxygen atoms in total. The van der Waals surface area contributed by atoms with Crippen molar-refractivity contribution in [1.82, 2.24) is 5.32 Å². The molecule has 0 radical (unpaired) electrons. The second kappa shape index (κ2) is 6.50. The predicted molar refractivity (Wildman–Crippen MR) is 62.2 cm³/mol. The van der Waals surface area contributed by atoms with E-state index < -0.39 is 0 Å². The van der Waals surface area contributed by atoms with Crippen LogP contribution in [0.1, 0.15) is 51.9 Å². The smallest absolute Gasteiger partial charge is 0.220 e. The van der Waals surface area contributed by atoms with Crippen LogP contribution in [0.2, 0.25) is 0 Å². The fourth-order valence-electron chi connectivity index (χ4n) is 2.15. The summed E-state index contributed by atoms with van der Waals surface area (Å²) in [4.78, 5) is 11.5. The van der Waals surface area contributed by atoms with Crippen LogP contribution in [0.15, 0.2) is 0 Å². The first-order chi connectivity index (χ1) is 7.22. The molecule has 1 N–H and O–H groups in total. The molecule has 1 saturated carbocycles. The normalized spacial score (nSPS) is 24.8. The summed E-state index contributed by atoms with van der Waals surface area (Å²) >= 11 is 0. The number of nitrogens with one attached hydrogen (secondary N) is 1. The van der Waals surface area contributed by atoms with Crippen molar-refractivity contribution in [1.29, 1.82) is 0 Å². The molecule has 0 aromatic rings. The van der Waals surface area contributed by atoms with Gasteiger partial charge in [-0.25, -0.2) is 0 Å². The Morgan fingerprint density at radius 2 is 2.27 bits per heavy atom. The lowest BCUT2D eigenvalue weighted by molar-refractivity contribution is -0.121. The third-order valence-corrected chi connectivity index (χ3v) is 3.03. The Balaban J connectivity index is 2.06. The summed E-state index contributed by atoms with van der Waals surface area (Å²) < 4.78 is 0. The molecule has 1 aliphatic carbocycles. The summed E-state index contributed by atoms with van der Waals surface area (Å²) in [6, 6.07) is 0.431. The third-order valence-electron chi connectivity index (χ3n) is 3.03. The Bertz CT molecular complexity index is 241. The number of carbonyl (C=O) groups excluding carboxylic acids is 1. The molecule has 0 saturated heterocycles. The monoisotopic (exact) mass is 207 g/mol. The molecule has 0 bridgehead atoms. The van der Waals surface area contributed by atoms with Crippen molar-refractivity contribution in [3.63, 3.8) is 0 Å². The quantitative estimate of drug-likeness (QED) is 0.544. The van der Waals surface area contributed by atoms with Gasteiger partial charge in [-0.3, -0.25) is 4.79 Å². The third kappa shape index (κ3) is 4.88. The van der Waals surface area contributed by atoms with Gasteiger partial charge in [0.05, 0.1) is 0 Å². The number of hydrogen-bond donors (Lipinski definition) is 1. The zero-order valence-corrected chi connectivity index (χ0v) is 9.59. The highest BCUT2D eigenvalue weighted by atomic mass is 16.1. The van der Waals surface area contributed by atoms with Crippen LogP contribution in [0.3, 0.4) is 0 Å².